The van der Waals surface area contributed by atoms with E-state index in [0.717, 1.165) is 0 Å². The zero-order chi connectivity index (χ0) is 17.1. The van der Waals surface area contributed by atoms with Crippen molar-refractivity contribution in [2.24, 2.45) is 0 Å². The number of nitrogens with one attached hydrogen (secondary N) is 2. The first-order valence-corrected chi connectivity index (χ1v) is 10.1. The fourth-order valence-electron chi connectivity index (χ4n) is 2.52. The van der Waals surface area contributed by atoms with Gasteiger partial charge in [0, 0.05) is 0 Å². The molecule has 0 saturated carbocycles. The van der Waals surface area contributed by atoms with Crippen LogP contribution in [0.4, 0.5) is 0 Å². The Morgan fingerprint density at radius 3 is 0.917 bits per heavy atom. The highest BCUT2D eigenvalue weighted by atomic mass is 127. The third kappa shape index (κ3) is 38.8. The summed E-state index contributed by atoms with van der Waals surface area (Å²) in [6, 6.07) is 0. The highest BCUT2D eigenvalue weighted by Gasteiger charge is 1.94. The predicted octanol–water partition coefficient (Wildman–Crippen LogP) is -3.01. The molecule has 0 bridgehead atoms. The minimum absolute atomic E-state index is 0. The molecule has 4 heteroatoms. The predicted molar refractivity (Wildman–Crippen MR) is 102 cm³/mol. The van der Waals surface area contributed by atoms with Crippen molar-refractivity contribution in [1.82, 2.24) is 0 Å². The lowest BCUT2D eigenvalue weighted by atomic mass is 10.1. The molecule has 0 aliphatic carbocycles. The molecule has 0 aliphatic heterocycles. The molecular weight excluding hydrogens is 522 g/mol. The number of unbranched alkanes of at least 4 members (excludes halogenated alkanes) is 10. The molecule has 0 aromatic carbocycles. The van der Waals surface area contributed by atoms with Crippen molar-refractivity contribution in [3.05, 3.63) is 0 Å². The van der Waals surface area contributed by atoms with Gasteiger partial charge in [-0.3, -0.25) is 0 Å². The Hall–Kier alpha value is 1.38. The van der Waals surface area contributed by atoms with E-state index in [1.807, 2.05) is 0 Å². The van der Waals surface area contributed by atoms with Gasteiger partial charge in [-0.05, 0) is 25.7 Å². The molecule has 2 N–H and O–H groups in total. The number of hydrogen-bond donors (Lipinski definition) is 2. The summed E-state index contributed by atoms with van der Waals surface area (Å²) in [5.74, 6) is 0. The van der Waals surface area contributed by atoms with E-state index in [2.05, 4.69) is 42.0 Å². The van der Waals surface area contributed by atoms with Crippen LogP contribution in [0.15, 0.2) is 0 Å². The third-order valence-electron chi connectivity index (χ3n) is 4.06. The minimum Gasteiger partial charge on any atom is -1.00 e. The van der Waals surface area contributed by atoms with Crippen LogP contribution >= 0.6 is 0 Å². The second kappa shape index (κ2) is 29.2. The molecule has 0 saturated heterocycles. The lowest BCUT2D eigenvalue weighted by molar-refractivity contribution is -0.858. The number of halogens is 2. The quantitative estimate of drug-likeness (QED) is 0.163. The maximum absolute atomic E-state index is 2.27. The lowest BCUT2D eigenvalue weighted by Crippen LogP contribution is -3.05. The van der Waals surface area contributed by atoms with Crippen molar-refractivity contribution < 1.29 is 57.8 Å². The summed E-state index contributed by atoms with van der Waals surface area (Å²) in [6.45, 7) is 7.21. The van der Waals surface area contributed by atoms with Crippen LogP contribution in [-0.2, 0) is 0 Å². The second-order valence-electron chi connectivity index (χ2n) is 7.45. The van der Waals surface area contributed by atoms with Crippen LogP contribution < -0.4 is 57.8 Å². The maximum Gasteiger partial charge on any atom is 0.0766 e. The summed E-state index contributed by atoms with van der Waals surface area (Å²) in [7, 11) is 8.91. The van der Waals surface area contributed by atoms with Crippen molar-refractivity contribution in [2.45, 2.75) is 90.9 Å². The van der Waals surface area contributed by atoms with Crippen LogP contribution in [0.1, 0.15) is 90.9 Å². The van der Waals surface area contributed by atoms with Crippen LogP contribution in [0.2, 0.25) is 0 Å². The van der Waals surface area contributed by atoms with Gasteiger partial charge in [0.05, 0.1) is 41.3 Å². The second-order valence-corrected chi connectivity index (χ2v) is 7.45. The minimum atomic E-state index is 0. The van der Waals surface area contributed by atoms with Gasteiger partial charge in [-0.15, -0.1) is 0 Å². The Morgan fingerprint density at radius 1 is 0.417 bits per heavy atom. The van der Waals surface area contributed by atoms with Gasteiger partial charge in [0.25, 0.3) is 0 Å². The Kier molecular flexibility index (Phi) is 40.1. The first-order valence-electron chi connectivity index (χ1n) is 10.1. The number of hydrogen-bond acceptors (Lipinski definition) is 0. The molecule has 0 atom stereocenters. The number of quaternary nitrogens is 2. The molecule has 0 aromatic heterocycles. The Morgan fingerprint density at radius 2 is 0.667 bits per heavy atom. The van der Waals surface area contributed by atoms with Crippen LogP contribution in [0.3, 0.4) is 0 Å². The van der Waals surface area contributed by atoms with Gasteiger partial charge in [-0.2, -0.15) is 0 Å². The number of rotatable bonds is 14. The standard InChI is InChI=1S/2C10H23N.2HI/c2*1-4-5-6-7-8-9-10-11(2)3;;/h2*4-10H2,1-3H3;2*1H. The van der Waals surface area contributed by atoms with E-state index < -0.39 is 0 Å². The van der Waals surface area contributed by atoms with Gasteiger partial charge in [-0.25, -0.2) is 0 Å². The topological polar surface area (TPSA) is 8.88 Å². The van der Waals surface area contributed by atoms with Gasteiger partial charge in [0.1, 0.15) is 0 Å². The highest BCUT2D eigenvalue weighted by Crippen LogP contribution is 2.04. The first kappa shape index (κ1) is 33.0. The summed E-state index contributed by atoms with van der Waals surface area (Å²) in [6.07, 6.45) is 17.0. The van der Waals surface area contributed by atoms with E-state index in [9.17, 15) is 0 Å². The van der Waals surface area contributed by atoms with Crippen molar-refractivity contribution in [2.75, 3.05) is 41.3 Å². The highest BCUT2D eigenvalue weighted by molar-refractivity contribution is 4.42. The molecule has 0 aliphatic rings. The van der Waals surface area contributed by atoms with E-state index >= 15 is 0 Å². The van der Waals surface area contributed by atoms with Crippen molar-refractivity contribution >= 4 is 0 Å². The Balaban J connectivity index is -0.000000154. The molecular formula is C20H48I2N2. The summed E-state index contributed by atoms with van der Waals surface area (Å²) >= 11 is 0. The van der Waals surface area contributed by atoms with E-state index in [1.165, 1.54) is 90.1 Å². The van der Waals surface area contributed by atoms with Crippen LogP contribution in [0, 0.1) is 0 Å². The van der Waals surface area contributed by atoms with Crippen molar-refractivity contribution in [3.63, 3.8) is 0 Å². The van der Waals surface area contributed by atoms with Gasteiger partial charge in [0.15, 0.2) is 0 Å². The molecule has 24 heavy (non-hydrogen) atoms. The first-order chi connectivity index (χ1) is 10.5. The zero-order valence-electron chi connectivity index (χ0n) is 17.7. The fourth-order valence-corrected chi connectivity index (χ4v) is 2.52. The monoisotopic (exact) mass is 570 g/mol. The molecule has 0 amide bonds. The van der Waals surface area contributed by atoms with Gasteiger partial charge in [0.2, 0.25) is 0 Å². The molecule has 0 fully saturated rings. The molecule has 0 radical (unpaired) electrons. The fraction of sp³-hybridized carbons (Fsp3) is 1.00. The molecule has 2 nitrogen and oxygen atoms in total. The Labute approximate surface area is 188 Å². The van der Waals surface area contributed by atoms with Gasteiger partial charge < -0.3 is 57.8 Å². The molecule has 0 heterocycles. The van der Waals surface area contributed by atoms with E-state index in [-0.39, 0.29) is 48.0 Å². The van der Waals surface area contributed by atoms with Gasteiger partial charge in [-0.1, -0.05) is 65.2 Å². The average molecular weight is 570 g/mol. The van der Waals surface area contributed by atoms with Crippen molar-refractivity contribution in [3.8, 4) is 0 Å². The molecule has 0 unspecified atom stereocenters. The molecule has 0 spiro atoms. The SMILES string of the molecule is CCCCCCCC[NH+](C)C.CCCCCCCC[NH+](C)C.[I-].[I-]. The molecule has 0 aromatic rings. The summed E-state index contributed by atoms with van der Waals surface area (Å²) in [5, 5.41) is 0. The van der Waals surface area contributed by atoms with Crippen LogP contribution in [0.25, 0.3) is 0 Å². The maximum atomic E-state index is 2.27. The summed E-state index contributed by atoms with van der Waals surface area (Å²) < 4.78 is 0. The van der Waals surface area contributed by atoms with E-state index in [1.54, 1.807) is 9.80 Å². The smallest absolute Gasteiger partial charge is 0.0766 e. The average Bonchev–Trinajstić information content (AvgIpc) is 2.46. The van der Waals surface area contributed by atoms with Crippen LogP contribution in [-0.4, -0.2) is 41.3 Å². The Bertz CT molecular complexity index is 168. The summed E-state index contributed by atoms with van der Waals surface area (Å²) in [5.41, 5.74) is 0. The molecule has 0 rings (SSSR count). The zero-order valence-corrected chi connectivity index (χ0v) is 22.0. The third-order valence-corrected chi connectivity index (χ3v) is 4.06. The van der Waals surface area contributed by atoms with Crippen molar-refractivity contribution in [1.29, 1.82) is 0 Å². The van der Waals surface area contributed by atoms with Gasteiger partial charge >= 0.3 is 0 Å². The van der Waals surface area contributed by atoms with Crippen LogP contribution in [0.5, 0.6) is 0 Å². The summed E-state index contributed by atoms with van der Waals surface area (Å²) in [4.78, 5) is 3.17. The largest absolute Gasteiger partial charge is 1.00 e. The lowest BCUT2D eigenvalue weighted by Gasteiger charge is -2.05. The normalized spacial score (nSPS) is 10.0. The van der Waals surface area contributed by atoms with E-state index in [4.69, 9.17) is 0 Å². The van der Waals surface area contributed by atoms with E-state index in [0.29, 0.717) is 0 Å². The molecule has 152 valence electrons.